The number of rotatable bonds is 1. The van der Waals surface area contributed by atoms with Gasteiger partial charge in [0.05, 0.1) is 0 Å². The van der Waals surface area contributed by atoms with Gasteiger partial charge in [0.1, 0.15) is 0 Å². The van der Waals surface area contributed by atoms with Crippen molar-refractivity contribution in [1.29, 1.82) is 0 Å². The van der Waals surface area contributed by atoms with Crippen LogP contribution in [0.3, 0.4) is 0 Å². The number of hydrogen-bond acceptors (Lipinski definition) is 2. The third-order valence-electron chi connectivity index (χ3n) is 0.122. The Balaban J connectivity index is 0. The first-order valence-electron chi connectivity index (χ1n) is 0.865. The smallest absolute Gasteiger partial charge is 0.274 e. The first-order valence-corrected chi connectivity index (χ1v) is 3.60. The standard InChI is InChI=1S/K.H2O4S2/c;1-5(2)6(3)4/h;(H,1,2)(H,3,4). The average molecular weight is 169 g/mol. The fraction of sp³-hybridized carbons (Fsp3) is 0. The van der Waals surface area contributed by atoms with Crippen LogP contribution in [0.1, 0.15) is 0 Å². The van der Waals surface area contributed by atoms with E-state index in [1.807, 2.05) is 0 Å². The second kappa shape index (κ2) is 5.98. The maximum Gasteiger partial charge on any atom is 0.274 e. The van der Waals surface area contributed by atoms with Crippen molar-refractivity contribution in [3.8, 4) is 0 Å². The summed E-state index contributed by atoms with van der Waals surface area (Å²) < 4.78 is 33.6. The van der Waals surface area contributed by atoms with Gasteiger partial charge in [0.2, 0.25) is 0 Å². The molecule has 2 unspecified atom stereocenters. The molecule has 4 nitrogen and oxygen atoms in total. The summed E-state index contributed by atoms with van der Waals surface area (Å²) in [7, 11) is -5.18. The molecule has 0 aromatic carbocycles. The monoisotopic (exact) mass is 169 g/mol. The van der Waals surface area contributed by atoms with E-state index >= 15 is 0 Å². The second-order valence-electron chi connectivity index (χ2n) is 0.434. The Morgan fingerprint density at radius 3 is 1.14 bits per heavy atom. The van der Waals surface area contributed by atoms with Crippen molar-refractivity contribution in [2.75, 3.05) is 0 Å². The van der Waals surface area contributed by atoms with E-state index in [1.54, 1.807) is 0 Å². The predicted molar refractivity (Wildman–Crippen MR) is 27.3 cm³/mol. The van der Waals surface area contributed by atoms with Crippen molar-refractivity contribution in [3.63, 3.8) is 0 Å². The van der Waals surface area contributed by atoms with Crippen LogP contribution in [-0.2, 0) is 20.2 Å². The molecule has 2 atom stereocenters. The Bertz CT molecular complexity index is 75.7. The first-order chi connectivity index (χ1) is 2.64. The van der Waals surface area contributed by atoms with Crippen LogP contribution >= 0.6 is 0 Å². The van der Waals surface area contributed by atoms with E-state index in [-0.39, 0.29) is 51.4 Å². The summed E-state index contributed by atoms with van der Waals surface area (Å²) in [6.07, 6.45) is 0. The van der Waals surface area contributed by atoms with Gasteiger partial charge >= 0.3 is 0 Å². The first kappa shape index (κ1) is 11.6. The molecule has 0 fully saturated rings. The van der Waals surface area contributed by atoms with Crippen molar-refractivity contribution in [2.24, 2.45) is 0 Å². The fourth-order valence-corrected chi connectivity index (χ4v) is 0. The van der Waals surface area contributed by atoms with E-state index < -0.39 is 20.2 Å². The van der Waals surface area contributed by atoms with Crippen LogP contribution in [0.4, 0.5) is 0 Å². The molecule has 0 saturated heterocycles. The van der Waals surface area contributed by atoms with Gasteiger partial charge in [-0.25, -0.2) is 8.42 Å². The normalized spacial score (nSPS) is 16.9. The van der Waals surface area contributed by atoms with E-state index in [2.05, 4.69) is 0 Å². The molecule has 0 aromatic heterocycles. The molecule has 0 aliphatic rings. The minimum Gasteiger partial charge on any atom is -0.294 e. The second-order valence-corrected chi connectivity index (χ2v) is 3.01. The third-order valence-corrected chi connectivity index (χ3v) is 1.10. The minimum atomic E-state index is -2.59. The van der Waals surface area contributed by atoms with E-state index in [9.17, 15) is 8.42 Å². The SMILES string of the molecule is O=S(O)S(=O)O.[K]. The average Bonchev–Trinajstić information content (AvgIpc) is 1.36. The van der Waals surface area contributed by atoms with Gasteiger partial charge in [0.25, 0.3) is 20.2 Å². The van der Waals surface area contributed by atoms with E-state index in [1.165, 1.54) is 0 Å². The van der Waals surface area contributed by atoms with Gasteiger partial charge < -0.3 is 0 Å². The summed E-state index contributed by atoms with van der Waals surface area (Å²) in [6.45, 7) is 0. The van der Waals surface area contributed by atoms with Crippen molar-refractivity contribution < 1.29 is 17.5 Å². The van der Waals surface area contributed by atoms with Crippen LogP contribution in [0.2, 0.25) is 0 Å². The molecule has 0 spiro atoms. The molecule has 39 valence electrons. The molecule has 0 heterocycles. The Morgan fingerprint density at radius 2 is 1.14 bits per heavy atom. The Labute approximate surface area is 87.5 Å². The molecular weight excluding hydrogens is 167 g/mol. The van der Waals surface area contributed by atoms with Crippen LogP contribution in [0.15, 0.2) is 0 Å². The zero-order valence-corrected chi connectivity index (χ0v) is 8.28. The Hall–Kier alpha value is 1.86. The summed E-state index contributed by atoms with van der Waals surface area (Å²) in [6, 6.07) is 0. The zero-order valence-electron chi connectivity index (χ0n) is 3.53. The molecule has 0 aliphatic carbocycles. The van der Waals surface area contributed by atoms with Gasteiger partial charge in [-0.3, -0.25) is 9.11 Å². The van der Waals surface area contributed by atoms with Gasteiger partial charge in [-0.15, -0.1) is 0 Å². The predicted octanol–water partition coefficient (Wildman–Crippen LogP) is -1.04. The van der Waals surface area contributed by atoms with Gasteiger partial charge in [-0.2, -0.15) is 0 Å². The quantitative estimate of drug-likeness (QED) is 0.299. The third kappa shape index (κ3) is 7.86. The van der Waals surface area contributed by atoms with Gasteiger partial charge in [0.15, 0.2) is 0 Å². The molecule has 0 amide bonds. The zero-order chi connectivity index (χ0) is 5.15. The van der Waals surface area contributed by atoms with E-state index in [4.69, 9.17) is 9.11 Å². The topological polar surface area (TPSA) is 74.6 Å². The summed E-state index contributed by atoms with van der Waals surface area (Å²) in [5.74, 6) is 0. The Kier molecular flexibility index (Phi) is 9.94. The largest absolute Gasteiger partial charge is 0.294 e. The molecule has 0 aliphatic heterocycles. The summed E-state index contributed by atoms with van der Waals surface area (Å²) >= 11 is 0. The summed E-state index contributed by atoms with van der Waals surface area (Å²) in [5.41, 5.74) is 0. The van der Waals surface area contributed by atoms with Crippen molar-refractivity contribution in [3.05, 3.63) is 0 Å². The van der Waals surface area contributed by atoms with E-state index in [0.29, 0.717) is 0 Å². The van der Waals surface area contributed by atoms with Crippen molar-refractivity contribution >= 4 is 71.6 Å². The molecule has 2 N–H and O–H groups in total. The number of hydrogen-bond donors (Lipinski definition) is 2. The van der Waals surface area contributed by atoms with Gasteiger partial charge in [-0.1, -0.05) is 0 Å². The molecule has 0 saturated carbocycles. The van der Waals surface area contributed by atoms with Gasteiger partial charge in [0, 0.05) is 51.4 Å². The molecule has 0 bridgehead atoms. The van der Waals surface area contributed by atoms with Crippen LogP contribution in [0.25, 0.3) is 0 Å². The molecule has 7 heavy (non-hydrogen) atoms. The van der Waals surface area contributed by atoms with Crippen LogP contribution in [0, 0.1) is 0 Å². The maximum atomic E-state index is 9.26. The van der Waals surface area contributed by atoms with Crippen molar-refractivity contribution in [1.82, 2.24) is 0 Å². The Morgan fingerprint density at radius 1 is 1.00 bits per heavy atom. The molecule has 1 radical (unpaired) electrons. The maximum absolute atomic E-state index is 9.26. The summed E-state index contributed by atoms with van der Waals surface area (Å²) in [5, 5.41) is 0. The van der Waals surface area contributed by atoms with Crippen molar-refractivity contribution in [2.45, 2.75) is 0 Å². The molecule has 0 aromatic rings. The summed E-state index contributed by atoms with van der Waals surface area (Å²) in [4.78, 5) is 0. The molecule has 0 rings (SSSR count). The fourth-order valence-electron chi connectivity index (χ4n) is 0. The van der Waals surface area contributed by atoms with Crippen LogP contribution in [-0.4, -0.2) is 68.9 Å². The van der Waals surface area contributed by atoms with Crippen LogP contribution < -0.4 is 0 Å². The van der Waals surface area contributed by atoms with Crippen LogP contribution in [0.5, 0.6) is 0 Å². The van der Waals surface area contributed by atoms with E-state index in [0.717, 1.165) is 0 Å². The molecular formula is H2KO4S2. The molecule has 7 heteroatoms. The van der Waals surface area contributed by atoms with Gasteiger partial charge in [-0.05, 0) is 0 Å². The minimum absolute atomic E-state index is 0.